The van der Waals surface area contributed by atoms with Crippen LogP contribution in [0.3, 0.4) is 0 Å². The molecule has 0 aliphatic rings. The Hall–Kier alpha value is -2.43. The van der Waals surface area contributed by atoms with Gasteiger partial charge in [-0.1, -0.05) is 60.7 Å². The number of aromatic nitrogens is 2. The maximum absolute atomic E-state index is 5.55. The molecule has 4 heteroatoms. The minimum absolute atomic E-state index is 0.653. The van der Waals surface area contributed by atoms with Crippen LogP contribution in [0.25, 0.3) is 22.5 Å². The molecule has 4 nitrogen and oxygen atoms in total. The van der Waals surface area contributed by atoms with Crippen LogP contribution in [0.4, 0.5) is 0 Å². The van der Waals surface area contributed by atoms with Crippen LogP contribution in [-0.2, 0) is 16.0 Å². The molecular weight excluding hydrogens is 324 g/mol. The first-order valence-corrected chi connectivity index (χ1v) is 9.13. The highest BCUT2D eigenvalue weighted by Crippen LogP contribution is 2.31. The zero-order valence-electron chi connectivity index (χ0n) is 15.3. The van der Waals surface area contributed by atoms with E-state index in [1.54, 1.807) is 7.11 Å². The van der Waals surface area contributed by atoms with E-state index in [1.165, 1.54) is 11.3 Å². The van der Waals surface area contributed by atoms with Gasteiger partial charge in [0, 0.05) is 31.4 Å². The van der Waals surface area contributed by atoms with E-state index in [-0.39, 0.29) is 0 Å². The molecule has 0 atom stereocenters. The van der Waals surface area contributed by atoms with E-state index in [0.717, 1.165) is 37.3 Å². The smallest absolute Gasteiger partial charge is 0.0963 e. The topological polar surface area (TPSA) is 36.3 Å². The summed E-state index contributed by atoms with van der Waals surface area (Å²) < 4.78 is 12.8. The Morgan fingerprint density at radius 2 is 1.50 bits per heavy atom. The second kappa shape index (κ2) is 9.90. The zero-order valence-corrected chi connectivity index (χ0v) is 15.3. The van der Waals surface area contributed by atoms with Crippen molar-refractivity contribution < 1.29 is 9.47 Å². The average Bonchev–Trinajstić information content (AvgIpc) is 3.12. The van der Waals surface area contributed by atoms with Gasteiger partial charge in [0.1, 0.15) is 0 Å². The van der Waals surface area contributed by atoms with Crippen molar-refractivity contribution in [3.8, 4) is 22.5 Å². The van der Waals surface area contributed by atoms with E-state index in [4.69, 9.17) is 14.5 Å². The van der Waals surface area contributed by atoms with Crippen LogP contribution >= 0.6 is 0 Å². The van der Waals surface area contributed by atoms with Crippen LogP contribution in [0, 0.1) is 0 Å². The molecule has 0 aliphatic heterocycles. The lowest BCUT2D eigenvalue weighted by atomic mass is 10.0. The minimum atomic E-state index is 0.653. The number of benzene rings is 2. The number of methoxy groups -OCH3 is 1. The first-order chi connectivity index (χ1) is 12.9. The van der Waals surface area contributed by atoms with E-state index < -0.39 is 0 Å². The quantitative estimate of drug-likeness (QED) is 0.499. The standard InChI is InChI=1S/C22H26N2O2/c1-25-16-17-26-15-9-8-14-24-18-23-21(19-10-4-2-5-11-19)22(24)20-12-6-3-7-13-20/h2-7,10-13,18H,8-9,14-17H2,1H3. The summed E-state index contributed by atoms with van der Waals surface area (Å²) in [6, 6.07) is 20.9. The summed E-state index contributed by atoms with van der Waals surface area (Å²) in [6.07, 6.45) is 4.03. The molecule has 0 spiro atoms. The van der Waals surface area contributed by atoms with Crippen molar-refractivity contribution in [1.29, 1.82) is 0 Å². The molecule has 0 fully saturated rings. The number of ether oxygens (including phenoxy) is 2. The zero-order chi connectivity index (χ0) is 18.0. The molecule has 0 bridgehead atoms. The van der Waals surface area contributed by atoms with E-state index in [0.29, 0.717) is 13.2 Å². The van der Waals surface area contributed by atoms with Crippen LogP contribution in [-0.4, -0.2) is 36.5 Å². The molecule has 0 aliphatic carbocycles. The fourth-order valence-electron chi connectivity index (χ4n) is 2.99. The summed E-state index contributed by atoms with van der Waals surface area (Å²) in [6.45, 7) is 3.01. The molecule has 1 heterocycles. The Balaban J connectivity index is 1.73. The van der Waals surface area contributed by atoms with Crippen LogP contribution in [0.2, 0.25) is 0 Å². The highest BCUT2D eigenvalue weighted by molar-refractivity contribution is 5.78. The largest absolute Gasteiger partial charge is 0.382 e. The molecule has 0 saturated heterocycles. The first-order valence-electron chi connectivity index (χ1n) is 9.13. The molecule has 3 aromatic rings. The molecule has 0 unspecified atom stereocenters. The molecule has 26 heavy (non-hydrogen) atoms. The fourth-order valence-corrected chi connectivity index (χ4v) is 2.99. The Bertz CT molecular complexity index is 769. The van der Waals surface area contributed by atoms with E-state index >= 15 is 0 Å². The van der Waals surface area contributed by atoms with Gasteiger partial charge in [-0.25, -0.2) is 4.98 Å². The number of nitrogens with zero attached hydrogens (tertiary/aromatic N) is 2. The van der Waals surface area contributed by atoms with Crippen molar-refractivity contribution in [3.63, 3.8) is 0 Å². The van der Waals surface area contributed by atoms with E-state index in [2.05, 4.69) is 53.1 Å². The van der Waals surface area contributed by atoms with Crippen molar-refractivity contribution in [1.82, 2.24) is 9.55 Å². The summed E-state index contributed by atoms with van der Waals surface area (Å²) in [7, 11) is 1.69. The monoisotopic (exact) mass is 350 g/mol. The Kier molecular flexibility index (Phi) is 6.99. The number of imidazole rings is 1. The Morgan fingerprint density at radius 3 is 2.19 bits per heavy atom. The third-order valence-corrected chi connectivity index (χ3v) is 4.30. The van der Waals surface area contributed by atoms with Gasteiger partial charge in [0.15, 0.2) is 0 Å². The molecule has 1 aromatic heterocycles. The fraction of sp³-hybridized carbons (Fsp3) is 0.318. The molecule has 0 radical (unpaired) electrons. The number of unbranched alkanes of at least 4 members (excludes halogenated alkanes) is 1. The molecule has 0 saturated carbocycles. The van der Waals surface area contributed by atoms with Gasteiger partial charge in [-0.05, 0) is 12.8 Å². The van der Waals surface area contributed by atoms with Gasteiger partial charge < -0.3 is 14.0 Å². The van der Waals surface area contributed by atoms with Gasteiger partial charge in [0.25, 0.3) is 0 Å². The number of rotatable bonds is 10. The van der Waals surface area contributed by atoms with Gasteiger partial charge in [-0.15, -0.1) is 0 Å². The van der Waals surface area contributed by atoms with Crippen molar-refractivity contribution >= 4 is 0 Å². The lowest BCUT2D eigenvalue weighted by Gasteiger charge is -2.11. The average molecular weight is 350 g/mol. The Labute approximate surface area is 155 Å². The molecular formula is C22H26N2O2. The number of aryl methyl sites for hydroxylation is 1. The van der Waals surface area contributed by atoms with Gasteiger partial charge in [-0.3, -0.25) is 0 Å². The summed E-state index contributed by atoms with van der Waals surface area (Å²) >= 11 is 0. The summed E-state index contributed by atoms with van der Waals surface area (Å²) in [4.78, 5) is 4.72. The first kappa shape index (κ1) is 18.4. The van der Waals surface area contributed by atoms with Gasteiger partial charge in [0.05, 0.1) is 30.9 Å². The van der Waals surface area contributed by atoms with Crippen LogP contribution in [0.15, 0.2) is 67.0 Å². The maximum atomic E-state index is 5.55. The predicted octanol–water partition coefficient (Wildman–Crippen LogP) is 4.66. The lowest BCUT2D eigenvalue weighted by molar-refractivity contribution is 0.0684. The highest BCUT2D eigenvalue weighted by Gasteiger charge is 2.14. The molecule has 2 aromatic carbocycles. The van der Waals surface area contributed by atoms with Crippen LogP contribution in [0.1, 0.15) is 12.8 Å². The second-order valence-corrected chi connectivity index (χ2v) is 6.18. The number of hydrogen-bond acceptors (Lipinski definition) is 3. The SMILES string of the molecule is COCCOCCCCn1cnc(-c2ccccc2)c1-c1ccccc1. The predicted molar refractivity (Wildman–Crippen MR) is 105 cm³/mol. The molecule has 136 valence electrons. The van der Waals surface area contributed by atoms with Gasteiger partial charge in [-0.2, -0.15) is 0 Å². The van der Waals surface area contributed by atoms with Crippen molar-refractivity contribution in [3.05, 3.63) is 67.0 Å². The van der Waals surface area contributed by atoms with E-state index in [1.807, 2.05) is 18.5 Å². The highest BCUT2D eigenvalue weighted by atomic mass is 16.5. The Morgan fingerprint density at radius 1 is 0.808 bits per heavy atom. The normalized spacial score (nSPS) is 11.0. The van der Waals surface area contributed by atoms with Crippen LogP contribution < -0.4 is 0 Å². The third kappa shape index (κ3) is 4.81. The van der Waals surface area contributed by atoms with E-state index in [9.17, 15) is 0 Å². The van der Waals surface area contributed by atoms with Crippen molar-refractivity contribution in [2.75, 3.05) is 26.9 Å². The molecule has 0 N–H and O–H groups in total. The number of hydrogen-bond donors (Lipinski definition) is 0. The van der Waals surface area contributed by atoms with Crippen molar-refractivity contribution in [2.24, 2.45) is 0 Å². The van der Waals surface area contributed by atoms with Crippen molar-refractivity contribution in [2.45, 2.75) is 19.4 Å². The summed E-state index contributed by atoms with van der Waals surface area (Å²) in [5.74, 6) is 0. The molecule has 3 rings (SSSR count). The lowest BCUT2D eigenvalue weighted by Crippen LogP contribution is -2.05. The van der Waals surface area contributed by atoms with Crippen LogP contribution in [0.5, 0.6) is 0 Å². The third-order valence-electron chi connectivity index (χ3n) is 4.30. The van der Waals surface area contributed by atoms with Gasteiger partial charge >= 0.3 is 0 Å². The summed E-state index contributed by atoms with van der Waals surface area (Å²) in [5.41, 5.74) is 4.55. The van der Waals surface area contributed by atoms with Gasteiger partial charge in [0.2, 0.25) is 0 Å². The minimum Gasteiger partial charge on any atom is -0.382 e. The second-order valence-electron chi connectivity index (χ2n) is 6.18. The summed E-state index contributed by atoms with van der Waals surface area (Å²) in [5, 5.41) is 0. The molecule has 0 amide bonds. The maximum Gasteiger partial charge on any atom is 0.0963 e.